The van der Waals surface area contributed by atoms with Crippen LogP contribution in [0.15, 0.2) is 42.5 Å². The number of nitrogens with one attached hydrogen (secondary N) is 2. The SMILES string of the molecule is COc1ccc(CNC(=O)NCC(O)c2ccc(N(C)C)cc2)cc1OC. The number of aliphatic hydroxyl groups is 1. The van der Waals surface area contributed by atoms with Gasteiger partial charge in [0.1, 0.15) is 0 Å². The van der Waals surface area contributed by atoms with Gasteiger partial charge in [-0.15, -0.1) is 0 Å². The Labute approximate surface area is 159 Å². The van der Waals surface area contributed by atoms with Crippen molar-refractivity contribution in [1.82, 2.24) is 10.6 Å². The molecule has 2 rings (SSSR count). The van der Waals surface area contributed by atoms with Gasteiger partial charge >= 0.3 is 6.03 Å². The first-order valence-corrected chi connectivity index (χ1v) is 8.62. The zero-order valence-electron chi connectivity index (χ0n) is 16.2. The number of hydrogen-bond acceptors (Lipinski definition) is 5. The average Bonchev–Trinajstić information content (AvgIpc) is 2.70. The minimum Gasteiger partial charge on any atom is -0.493 e. The van der Waals surface area contributed by atoms with E-state index in [0.29, 0.717) is 18.0 Å². The summed E-state index contributed by atoms with van der Waals surface area (Å²) in [6.45, 7) is 0.457. The van der Waals surface area contributed by atoms with Gasteiger partial charge in [0.25, 0.3) is 0 Å². The molecule has 2 aromatic rings. The van der Waals surface area contributed by atoms with Crippen molar-refractivity contribution in [2.45, 2.75) is 12.6 Å². The molecule has 0 saturated carbocycles. The lowest BCUT2D eigenvalue weighted by Gasteiger charge is -2.16. The zero-order chi connectivity index (χ0) is 19.8. The summed E-state index contributed by atoms with van der Waals surface area (Å²) in [5.74, 6) is 1.24. The third-order valence-electron chi connectivity index (χ3n) is 4.15. The van der Waals surface area contributed by atoms with E-state index in [0.717, 1.165) is 16.8 Å². The number of methoxy groups -OCH3 is 2. The highest BCUT2D eigenvalue weighted by atomic mass is 16.5. The molecule has 146 valence electrons. The molecule has 0 heterocycles. The van der Waals surface area contributed by atoms with Crippen molar-refractivity contribution in [3.05, 3.63) is 53.6 Å². The number of hydrogen-bond donors (Lipinski definition) is 3. The van der Waals surface area contributed by atoms with Gasteiger partial charge in [0.05, 0.1) is 20.3 Å². The molecular formula is C20H27N3O4. The second-order valence-electron chi connectivity index (χ2n) is 6.25. The van der Waals surface area contributed by atoms with Gasteiger partial charge in [0.15, 0.2) is 11.5 Å². The number of ether oxygens (including phenoxy) is 2. The van der Waals surface area contributed by atoms with Crippen molar-refractivity contribution in [3.8, 4) is 11.5 Å². The fourth-order valence-electron chi connectivity index (χ4n) is 2.54. The second-order valence-corrected chi connectivity index (χ2v) is 6.25. The Balaban J connectivity index is 1.82. The Kier molecular flexibility index (Phi) is 7.31. The van der Waals surface area contributed by atoms with E-state index in [4.69, 9.17) is 9.47 Å². The maximum absolute atomic E-state index is 12.0. The van der Waals surface area contributed by atoms with Gasteiger partial charge in [-0.3, -0.25) is 0 Å². The first-order valence-electron chi connectivity index (χ1n) is 8.62. The first-order chi connectivity index (χ1) is 12.9. The fourth-order valence-corrected chi connectivity index (χ4v) is 2.54. The van der Waals surface area contributed by atoms with E-state index in [1.54, 1.807) is 26.4 Å². The van der Waals surface area contributed by atoms with Crippen LogP contribution in [0.3, 0.4) is 0 Å². The molecule has 0 aliphatic heterocycles. The van der Waals surface area contributed by atoms with Gasteiger partial charge in [-0.2, -0.15) is 0 Å². The normalized spacial score (nSPS) is 11.4. The molecular weight excluding hydrogens is 346 g/mol. The van der Waals surface area contributed by atoms with Crippen LogP contribution in [-0.4, -0.2) is 46.0 Å². The van der Waals surface area contributed by atoms with E-state index in [1.165, 1.54) is 0 Å². The highest BCUT2D eigenvalue weighted by Gasteiger charge is 2.10. The van der Waals surface area contributed by atoms with E-state index in [-0.39, 0.29) is 12.6 Å². The topological polar surface area (TPSA) is 83.1 Å². The van der Waals surface area contributed by atoms with Crippen molar-refractivity contribution < 1.29 is 19.4 Å². The minimum atomic E-state index is -0.770. The number of benzene rings is 2. The van der Waals surface area contributed by atoms with Crippen molar-refractivity contribution in [2.24, 2.45) is 0 Å². The summed E-state index contributed by atoms with van der Waals surface area (Å²) >= 11 is 0. The minimum absolute atomic E-state index is 0.124. The molecule has 1 atom stereocenters. The van der Waals surface area contributed by atoms with Gasteiger partial charge in [0, 0.05) is 32.9 Å². The number of rotatable bonds is 8. The predicted octanol–water partition coefficient (Wildman–Crippen LogP) is 2.30. The highest BCUT2D eigenvalue weighted by molar-refractivity contribution is 5.73. The second kappa shape index (κ2) is 9.68. The number of anilines is 1. The summed E-state index contributed by atoms with van der Waals surface area (Å²) in [6.07, 6.45) is -0.770. The molecule has 3 N–H and O–H groups in total. The fraction of sp³-hybridized carbons (Fsp3) is 0.350. The largest absolute Gasteiger partial charge is 0.493 e. The average molecular weight is 373 g/mol. The van der Waals surface area contributed by atoms with Crippen molar-refractivity contribution in [1.29, 1.82) is 0 Å². The number of carbonyl (C=O) groups is 1. The number of carbonyl (C=O) groups excluding carboxylic acids is 1. The number of amides is 2. The molecule has 0 aliphatic carbocycles. The van der Waals surface area contributed by atoms with Crippen molar-refractivity contribution in [2.75, 3.05) is 39.8 Å². The molecule has 0 bridgehead atoms. The maximum atomic E-state index is 12.0. The van der Waals surface area contributed by atoms with Gasteiger partial charge in [0.2, 0.25) is 0 Å². The van der Waals surface area contributed by atoms with E-state index in [2.05, 4.69) is 10.6 Å². The molecule has 0 radical (unpaired) electrons. The van der Waals surface area contributed by atoms with Crippen LogP contribution in [-0.2, 0) is 6.54 Å². The first kappa shape index (κ1) is 20.4. The molecule has 2 amide bonds. The Bertz CT molecular complexity index is 747. The van der Waals surface area contributed by atoms with Crippen LogP contribution in [0, 0.1) is 0 Å². The summed E-state index contributed by atoms with van der Waals surface area (Å²) in [4.78, 5) is 14.0. The lowest BCUT2D eigenvalue weighted by atomic mass is 10.1. The van der Waals surface area contributed by atoms with Crippen LogP contribution in [0.2, 0.25) is 0 Å². The van der Waals surface area contributed by atoms with Gasteiger partial charge in [-0.25, -0.2) is 4.79 Å². The van der Waals surface area contributed by atoms with Gasteiger partial charge < -0.3 is 30.1 Å². The van der Waals surface area contributed by atoms with Crippen LogP contribution in [0.1, 0.15) is 17.2 Å². The molecule has 7 heteroatoms. The highest BCUT2D eigenvalue weighted by Crippen LogP contribution is 2.27. The lowest BCUT2D eigenvalue weighted by Crippen LogP contribution is -2.37. The quantitative estimate of drug-likeness (QED) is 0.661. The van der Waals surface area contributed by atoms with E-state index in [1.807, 2.05) is 49.3 Å². The number of aliphatic hydroxyl groups excluding tert-OH is 1. The standard InChI is InChI=1S/C20H27N3O4/c1-23(2)16-8-6-15(7-9-16)17(24)13-22-20(25)21-12-14-5-10-18(26-3)19(11-14)27-4/h5-11,17,24H,12-13H2,1-4H3,(H2,21,22,25). The summed E-state index contributed by atoms with van der Waals surface area (Å²) in [7, 11) is 7.04. The smallest absolute Gasteiger partial charge is 0.315 e. The van der Waals surface area contributed by atoms with E-state index in [9.17, 15) is 9.90 Å². The molecule has 1 unspecified atom stereocenters. The van der Waals surface area contributed by atoms with Crippen LogP contribution in [0.25, 0.3) is 0 Å². The van der Waals surface area contributed by atoms with Crippen LogP contribution < -0.4 is 25.0 Å². The molecule has 0 aromatic heterocycles. The monoisotopic (exact) mass is 373 g/mol. The van der Waals surface area contributed by atoms with Crippen molar-refractivity contribution >= 4 is 11.7 Å². The van der Waals surface area contributed by atoms with Crippen molar-refractivity contribution in [3.63, 3.8) is 0 Å². The third-order valence-corrected chi connectivity index (χ3v) is 4.15. The summed E-state index contributed by atoms with van der Waals surface area (Å²) < 4.78 is 10.4. The van der Waals surface area contributed by atoms with Crippen LogP contribution >= 0.6 is 0 Å². The number of urea groups is 1. The Morgan fingerprint density at radius 1 is 1.04 bits per heavy atom. The molecule has 0 fully saturated rings. The molecule has 27 heavy (non-hydrogen) atoms. The van der Waals surface area contributed by atoms with Gasteiger partial charge in [-0.05, 0) is 35.4 Å². The Morgan fingerprint density at radius 2 is 1.70 bits per heavy atom. The zero-order valence-corrected chi connectivity index (χ0v) is 16.2. The Morgan fingerprint density at radius 3 is 2.30 bits per heavy atom. The third kappa shape index (κ3) is 5.79. The summed E-state index contributed by atoms with van der Waals surface area (Å²) in [6, 6.07) is 12.6. The summed E-state index contributed by atoms with van der Waals surface area (Å²) in [5.41, 5.74) is 2.68. The maximum Gasteiger partial charge on any atom is 0.315 e. The lowest BCUT2D eigenvalue weighted by molar-refractivity contribution is 0.173. The predicted molar refractivity (Wildman–Crippen MR) is 106 cm³/mol. The Hall–Kier alpha value is -2.93. The molecule has 0 aliphatic rings. The molecule has 2 aromatic carbocycles. The van der Waals surface area contributed by atoms with Crippen LogP contribution in [0.5, 0.6) is 11.5 Å². The van der Waals surface area contributed by atoms with Crippen LogP contribution in [0.4, 0.5) is 10.5 Å². The molecule has 7 nitrogen and oxygen atoms in total. The van der Waals surface area contributed by atoms with Gasteiger partial charge in [-0.1, -0.05) is 18.2 Å². The summed E-state index contributed by atoms with van der Waals surface area (Å²) in [5, 5.41) is 15.7. The number of nitrogens with zero attached hydrogens (tertiary/aromatic N) is 1. The van der Waals surface area contributed by atoms with E-state index >= 15 is 0 Å². The van der Waals surface area contributed by atoms with E-state index < -0.39 is 6.10 Å². The molecule has 0 saturated heterocycles. The molecule has 0 spiro atoms.